The van der Waals surface area contributed by atoms with E-state index in [2.05, 4.69) is 70.6 Å². The van der Waals surface area contributed by atoms with Gasteiger partial charge in [0.1, 0.15) is 0 Å². The number of thiophene rings is 1. The Bertz CT molecular complexity index is 551. The van der Waals surface area contributed by atoms with Gasteiger partial charge < -0.3 is 5.32 Å². The average Bonchev–Trinajstić information content (AvgIpc) is 3.16. The number of hydrogen-bond donors (Lipinski definition) is 1. The summed E-state index contributed by atoms with van der Waals surface area (Å²) in [6, 6.07) is 16.0. The lowest BCUT2D eigenvalue weighted by atomic mass is 10.0. The maximum Gasteiger partial charge on any atom is 0.0701 e. The van der Waals surface area contributed by atoms with Gasteiger partial charge in [-0.25, -0.2) is 0 Å². The van der Waals surface area contributed by atoms with Gasteiger partial charge in [-0.3, -0.25) is 0 Å². The first-order chi connectivity index (χ1) is 9.78. The molecule has 1 nitrogen and oxygen atoms in total. The molecule has 1 fully saturated rings. The van der Waals surface area contributed by atoms with Crippen LogP contribution in [0.2, 0.25) is 0 Å². The summed E-state index contributed by atoms with van der Waals surface area (Å²) >= 11 is 5.42. The Morgan fingerprint density at radius 2 is 2.05 bits per heavy atom. The number of likely N-dealkylation sites (N-methyl/N-ethyl adjacent to an activating group) is 1. The molecule has 3 heteroatoms. The van der Waals surface area contributed by atoms with Crippen LogP contribution in [0, 0.1) is 5.92 Å². The Kier molecular flexibility index (Phi) is 4.59. The molecule has 0 aliphatic heterocycles. The molecule has 0 saturated heterocycles. The van der Waals surface area contributed by atoms with E-state index >= 15 is 0 Å². The molecule has 3 rings (SSSR count). The predicted octanol–water partition coefficient (Wildman–Crippen LogP) is 4.83. The minimum Gasteiger partial charge on any atom is -0.314 e. The highest BCUT2D eigenvalue weighted by molar-refractivity contribution is 9.11. The van der Waals surface area contributed by atoms with Crippen LogP contribution in [0.1, 0.15) is 29.7 Å². The van der Waals surface area contributed by atoms with E-state index in [9.17, 15) is 0 Å². The molecular formula is C17H20BrNS. The molecule has 0 bridgehead atoms. The smallest absolute Gasteiger partial charge is 0.0701 e. The molecule has 1 heterocycles. The summed E-state index contributed by atoms with van der Waals surface area (Å²) in [7, 11) is 0. The van der Waals surface area contributed by atoms with Crippen LogP contribution in [0.4, 0.5) is 0 Å². The molecule has 106 valence electrons. The quantitative estimate of drug-likeness (QED) is 0.786. The van der Waals surface area contributed by atoms with Crippen LogP contribution in [0.3, 0.4) is 0 Å². The summed E-state index contributed by atoms with van der Waals surface area (Å²) in [4.78, 5) is 1.47. The van der Waals surface area contributed by atoms with E-state index in [-0.39, 0.29) is 0 Å². The molecule has 1 saturated carbocycles. The van der Waals surface area contributed by atoms with Gasteiger partial charge >= 0.3 is 0 Å². The minimum atomic E-state index is 0.607. The maximum absolute atomic E-state index is 3.69. The number of benzene rings is 1. The van der Waals surface area contributed by atoms with Crippen molar-refractivity contribution >= 4 is 27.3 Å². The molecule has 20 heavy (non-hydrogen) atoms. The second-order valence-electron chi connectivity index (χ2n) is 5.49. The summed E-state index contributed by atoms with van der Waals surface area (Å²) < 4.78 is 1.23. The van der Waals surface area contributed by atoms with E-state index in [1.165, 1.54) is 20.6 Å². The normalized spacial score (nSPS) is 22.7. The predicted molar refractivity (Wildman–Crippen MR) is 90.5 cm³/mol. The van der Waals surface area contributed by atoms with Crippen molar-refractivity contribution in [2.24, 2.45) is 5.92 Å². The lowest BCUT2D eigenvalue weighted by molar-refractivity contribution is 0.467. The van der Waals surface area contributed by atoms with Crippen LogP contribution >= 0.6 is 27.3 Å². The van der Waals surface area contributed by atoms with Crippen molar-refractivity contribution < 1.29 is 0 Å². The van der Waals surface area contributed by atoms with Crippen LogP contribution in [0.25, 0.3) is 0 Å². The van der Waals surface area contributed by atoms with Crippen molar-refractivity contribution in [2.45, 2.75) is 31.7 Å². The van der Waals surface area contributed by atoms with Gasteiger partial charge in [0.15, 0.2) is 0 Å². The fourth-order valence-corrected chi connectivity index (χ4v) is 4.60. The molecule has 2 aromatic rings. The number of nitrogens with one attached hydrogen (secondary N) is 1. The number of rotatable bonds is 6. The van der Waals surface area contributed by atoms with Gasteiger partial charge in [0, 0.05) is 10.9 Å². The van der Waals surface area contributed by atoms with Crippen LogP contribution < -0.4 is 5.32 Å². The second-order valence-corrected chi connectivity index (χ2v) is 8.04. The standard InChI is InChI=1S/C17H20BrNS/c1-2-19-16(10-13-8-9-17(18)20-13)15-11-14(15)12-6-4-3-5-7-12/h3-9,14-16,19H,2,10-11H2,1H3. The highest BCUT2D eigenvalue weighted by Gasteiger charge is 2.43. The average molecular weight is 350 g/mol. The molecule has 3 atom stereocenters. The summed E-state index contributed by atoms with van der Waals surface area (Å²) in [5.74, 6) is 1.54. The molecule has 1 aliphatic rings. The van der Waals surface area contributed by atoms with Crippen LogP contribution in [0.5, 0.6) is 0 Å². The fraction of sp³-hybridized carbons (Fsp3) is 0.412. The zero-order chi connectivity index (χ0) is 13.9. The largest absolute Gasteiger partial charge is 0.314 e. The Morgan fingerprint density at radius 1 is 1.25 bits per heavy atom. The van der Waals surface area contributed by atoms with Gasteiger partial charge in [-0.1, -0.05) is 37.3 Å². The SMILES string of the molecule is CCNC(Cc1ccc(Br)s1)C1CC1c1ccccc1. The number of hydrogen-bond acceptors (Lipinski definition) is 2. The Balaban J connectivity index is 1.66. The minimum absolute atomic E-state index is 0.607. The highest BCUT2D eigenvalue weighted by Crippen LogP contribution is 2.50. The first-order valence-corrected chi connectivity index (χ1v) is 8.91. The van der Waals surface area contributed by atoms with E-state index in [0.717, 1.165) is 24.8 Å². The van der Waals surface area contributed by atoms with E-state index in [1.54, 1.807) is 0 Å². The van der Waals surface area contributed by atoms with Crippen molar-refractivity contribution in [2.75, 3.05) is 6.54 Å². The molecule has 0 amide bonds. The molecule has 1 N–H and O–H groups in total. The fourth-order valence-electron chi connectivity index (χ4n) is 3.06. The van der Waals surface area contributed by atoms with E-state index in [4.69, 9.17) is 0 Å². The zero-order valence-electron chi connectivity index (χ0n) is 11.7. The van der Waals surface area contributed by atoms with Crippen molar-refractivity contribution in [1.82, 2.24) is 5.32 Å². The zero-order valence-corrected chi connectivity index (χ0v) is 14.1. The summed E-state index contributed by atoms with van der Waals surface area (Å²) in [5, 5.41) is 3.69. The number of halogens is 1. The van der Waals surface area contributed by atoms with Crippen LogP contribution in [-0.2, 0) is 6.42 Å². The lowest BCUT2D eigenvalue weighted by Gasteiger charge is -2.17. The first-order valence-electron chi connectivity index (χ1n) is 7.30. The van der Waals surface area contributed by atoms with Gasteiger partial charge in [0.05, 0.1) is 3.79 Å². The summed E-state index contributed by atoms with van der Waals surface area (Å²) in [6.45, 7) is 3.26. The van der Waals surface area contributed by atoms with E-state index in [1.807, 2.05) is 11.3 Å². The van der Waals surface area contributed by atoms with Crippen LogP contribution in [-0.4, -0.2) is 12.6 Å². The van der Waals surface area contributed by atoms with Crippen molar-refractivity contribution in [1.29, 1.82) is 0 Å². The molecular weight excluding hydrogens is 330 g/mol. The van der Waals surface area contributed by atoms with Gasteiger partial charge in [0.2, 0.25) is 0 Å². The van der Waals surface area contributed by atoms with Crippen molar-refractivity contribution in [3.05, 3.63) is 56.7 Å². The Labute approximate surface area is 133 Å². The Morgan fingerprint density at radius 3 is 2.70 bits per heavy atom. The summed E-state index contributed by atoms with van der Waals surface area (Å²) in [6.07, 6.45) is 2.48. The highest BCUT2D eigenvalue weighted by atomic mass is 79.9. The lowest BCUT2D eigenvalue weighted by Crippen LogP contribution is -2.33. The third kappa shape index (κ3) is 3.33. The molecule has 1 aromatic heterocycles. The maximum atomic E-state index is 3.69. The van der Waals surface area contributed by atoms with Gasteiger partial charge in [-0.2, -0.15) is 0 Å². The topological polar surface area (TPSA) is 12.0 Å². The van der Waals surface area contributed by atoms with Crippen molar-refractivity contribution in [3.63, 3.8) is 0 Å². The third-order valence-electron chi connectivity index (χ3n) is 4.10. The summed E-state index contributed by atoms with van der Waals surface area (Å²) in [5.41, 5.74) is 1.51. The first kappa shape index (κ1) is 14.3. The van der Waals surface area contributed by atoms with Gasteiger partial charge in [-0.15, -0.1) is 11.3 Å². The molecule has 0 radical (unpaired) electrons. The van der Waals surface area contributed by atoms with E-state index < -0.39 is 0 Å². The van der Waals surface area contributed by atoms with E-state index in [0.29, 0.717) is 6.04 Å². The van der Waals surface area contributed by atoms with Gasteiger partial charge in [-0.05, 0) is 64.8 Å². The van der Waals surface area contributed by atoms with Gasteiger partial charge in [0.25, 0.3) is 0 Å². The monoisotopic (exact) mass is 349 g/mol. The molecule has 0 spiro atoms. The molecule has 3 unspecified atom stereocenters. The van der Waals surface area contributed by atoms with Crippen molar-refractivity contribution in [3.8, 4) is 0 Å². The second kappa shape index (κ2) is 6.42. The Hall–Kier alpha value is -0.640. The molecule has 1 aromatic carbocycles. The molecule has 1 aliphatic carbocycles. The third-order valence-corrected chi connectivity index (χ3v) is 5.75. The van der Waals surface area contributed by atoms with Crippen LogP contribution in [0.15, 0.2) is 46.3 Å².